The standard InChI is InChI=1S/C21H20BrN3O2S/c22-17-8-6-16(7-9-17)14-28-21-24-18(13-20(27)25-21)12-19(26)23-11-10-15-4-2-1-3-5-15/h1-9,13H,10-12,14H2,(H,23,26)(H,24,25,27). The molecule has 7 heteroatoms. The van der Waals surface area contributed by atoms with Crippen molar-refractivity contribution in [2.75, 3.05) is 6.54 Å². The number of halogens is 1. The highest BCUT2D eigenvalue weighted by Crippen LogP contribution is 2.20. The second-order valence-corrected chi connectivity index (χ2v) is 8.10. The summed E-state index contributed by atoms with van der Waals surface area (Å²) in [6, 6.07) is 19.3. The van der Waals surface area contributed by atoms with Gasteiger partial charge >= 0.3 is 0 Å². The fraction of sp³-hybridized carbons (Fsp3) is 0.190. The number of nitrogens with zero attached hydrogens (tertiary/aromatic N) is 1. The Balaban J connectivity index is 1.52. The highest BCUT2D eigenvalue weighted by molar-refractivity contribution is 9.10. The molecule has 1 heterocycles. The van der Waals surface area contributed by atoms with Crippen LogP contribution in [0.1, 0.15) is 16.8 Å². The number of carbonyl (C=O) groups is 1. The molecule has 0 bridgehead atoms. The van der Waals surface area contributed by atoms with Crippen molar-refractivity contribution in [2.24, 2.45) is 0 Å². The van der Waals surface area contributed by atoms with Crippen molar-refractivity contribution in [3.05, 3.63) is 92.3 Å². The number of benzene rings is 2. The summed E-state index contributed by atoms with van der Waals surface area (Å²) in [7, 11) is 0. The topological polar surface area (TPSA) is 74.8 Å². The number of aromatic nitrogens is 2. The fourth-order valence-electron chi connectivity index (χ4n) is 2.59. The number of carbonyl (C=O) groups excluding carboxylic acids is 1. The molecule has 0 saturated heterocycles. The minimum Gasteiger partial charge on any atom is -0.355 e. The van der Waals surface area contributed by atoms with E-state index in [1.54, 1.807) is 0 Å². The highest BCUT2D eigenvalue weighted by Gasteiger charge is 2.08. The van der Waals surface area contributed by atoms with Gasteiger partial charge in [0.15, 0.2) is 5.16 Å². The molecule has 3 rings (SSSR count). The molecule has 0 radical (unpaired) electrons. The third-order valence-corrected chi connectivity index (χ3v) is 5.46. The average Bonchev–Trinajstić information content (AvgIpc) is 2.68. The zero-order chi connectivity index (χ0) is 19.8. The van der Waals surface area contributed by atoms with E-state index < -0.39 is 0 Å². The zero-order valence-electron chi connectivity index (χ0n) is 15.2. The van der Waals surface area contributed by atoms with Gasteiger partial charge in [0.2, 0.25) is 5.91 Å². The molecular formula is C21H20BrN3O2S. The van der Waals surface area contributed by atoms with Gasteiger partial charge in [-0.2, -0.15) is 0 Å². The first-order valence-corrected chi connectivity index (χ1v) is 10.6. The first-order chi connectivity index (χ1) is 13.6. The minimum atomic E-state index is -0.250. The summed E-state index contributed by atoms with van der Waals surface area (Å²) in [4.78, 5) is 31.2. The Hall–Kier alpha value is -2.38. The number of thioether (sulfide) groups is 1. The van der Waals surface area contributed by atoms with Gasteiger partial charge in [-0.25, -0.2) is 4.98 Å². The van der Waals surface area contributed by atoms with Gasteiger partial charge in [0.1, 0.15) is 0 Å². The number of hydrogen-bond acceptors (Lipinski definition) is 4. The van der Waals surface area contributed by atoms with Crippen LogP contribution in [0.5, 0.6) is 0 Å². The van der Waals surface area contributed by atoms with Crippen LogP contribution < -0.4 is 10.9 Å². The van der Waals surface area contributed by atoms with E-state index in [4.69, 9.17) is 0 Å². The third kappa shape index (κ3) is 6.65. The van der Waals surface area contributed by atoms with Gasteiger partial charge in [0, 0.05) is 22.8 Å². The first kappa shape index (κ1) is 20.4. The van der Waals surface area contributed by atoms with E-state index in [2.05, 4.69) is 31.2 Å². The van der Waals surface area contributed by atoms with Crippen LogP contribution in [-0.4, -0.2) is 22.4 Å². The van der Waals surface area contributed by atoms with Gasteiger partial charge < -0.3 is 10.3 Å². The predicted octanol–water partition coefficient (Wildman–Crippen LogP) is 3.73. The molecule has 2 N–H and O–H groups in total. The van der Waals surface area contributed by atoms with E-state index in [1.807, 2.05) is 54.6 Å². The summed E-state index contributed by atoms with van der Waals surface area (Å²) >= 11 is 4.85. The summed E-state index contributed by atoms with van der Waals surface area (Å²) in [5.41, 5.74) is 2.52. The predicted molar refractivity (Wildman–Crippen MR) is 115 cm³/mol. The largest absolute Gasteiger partial charge is 0.355 e. The van der Waals surface area contributed by atoms with E-state index in [9.17, 15) is 9.59 Å². The zero-order valence-corrected chi connectivity index (χ0v) is 17.6. The number of nitrogens with one attached hydrogen (secondary N) is 2. The van der Waals surface area contributed by atoms with Crippen LogP contribution in [0.15, 0.2) is 75.1 Å². The smallest absolute Gasteiger partial charge is 0.251 e. The maximum Gasteiger partial charge on any atom is 0.251 e. The number of amides is 1. The number of aromatic amines is 1. The molecule has 144 valence electrons. The van der Waals surface area contributed by atoms with E-state index in [1.165, 1.54) is 23.4 Å². The van der Waals surface area contributed by atoms with Crippen molar-refractivity contribution in [2.45, 2.75) is 23.8 Å². The molecule has 2 aromatic carbocycles. The van der Waals surface area contributed by atoms with Crippen molar-refractivity contribution in [1.82, 2.24) is 15.3 Å². The van der Waals surface area contributed by atoms with Crippen molar-refractivity contribution in [3.8, 4) is 0 Å². The normalized spacial score (nSPS) is 10.6. The number of H-pyrrole nitrogens is 1. The van der Waals surface area contributed by atoms with Gasteiger partial charge in [-0.3, -0.25) is 9.59 Å². The van der Waals surface area contributed by atoms with Crippen LogP contribution in [-0.2, 0) is 23.4 Å². The summed E-state index contributed by atoms with van der Waals surface area (Å²) in [6.45, 7) is 0.553. The Labute approximate surface area is 176 Å². The lowest BCUT2D eigenvalue weighted by molar-refractivity contribution is -0.120. The molecule has 1 amide bonds. The molecule has 1 aromatic heterocycles. The summed E-state index contributed by atoms with van der Waals surface area (Å²) in [5.74, 6) is 0.543. The SMILES string of the molecule is O=C(Cc1cc(=O)[nH]c(SCc2ccc(Br)cc2)n1)NCCc1ccccc1. The second kappa shape index (κ2) is 10.2. The van der Waals surface area contributed by atoms with E-state index >= 15 is 0 Å². The molecule has 5 nitrogen and oxygen atoms in total. The lowest BCUT2D eigenvalue weighted by Crippen LogP contribution is -2.28. The van der Waals surface area contributed by atoms with Gasteiger partial charge in [-0.15, -0.1) is 0 Å². The van der Waals surface area contributed by atoms with Gasteiger partial charge in [0.25, 0.3) is 5.56 Å². The number of hydrogen-bond donors (Lipinski definition) is 2. The van der Waals surface area contributed by atoms with Crippen LogP contribution >= 0.6 is 27.7 Å². The molecule has 0 fully saturated rings. The Morgan fingerprint density at radius 1 is 1.07 bits per heavy atom. The van der Waals surface area contributed by atoms with Crippen LogP contribution in [0, 0.1) is 0 Å². The molecule has 0 aliphatic rings. The fourth-order valence-corrected chi connectivity index (χ4v) is 3.71. The van der Waals surface area contributed by atoms with Crippen LogP contribution in [0.25, 0.3) is 0 Å². The maximum atomic E-state index is 12.2. The Morgan fingerprint density at radius 2 is 1.82 bits per heavy atom. The maximum absolute atomic E-state index is 12.2. The molecule has 0 unspecified atom stereocenters. The Bertz CT molecular complexity index is 975. The van der Waals surface area contributed by atoms with Crippen LogP contribution in [0.3, 0.4) is 0 Å². The molecule has 0 saturated carbocycles. The number of rotatable bonds is 8. The van der Waals surface area contributed by atoms with Gasteiger partial charge in [-0.05, 0) is 29.7 Å². The Morgan fingerprint density at radius 3 is 2.57 bits per heavy atom. The third-order valence-electron chi connectivity index (χ3n) is 3.98. The highest BCUT2D eigenvalue weighted by atomic mass is 79.9. The molecule has 0 aliphatic heterocycles. The summed E-state index contributed by atoms with van der Waals surface area (Å²) < 4.78 is 1.02. The lowest BCUT2D eigenvalue weighted by Gasteiger charge is -2.07. The molecule has 28 heavy (non-hydrogen) atoms. The summed E-state index contributed by atoms with van der Waals surface area (Å²) in [5, 5.41) is 3.40. The summed E-state index contributed by atoms with van der Waals surface area (Å²) in [6.07, 6.45) is 0.855. The Kier molecular flexibility index (Phi) is 7.45. The van der Waals surface area contributed by atoms with Crippen LogP contribution in [0.2, 0.25) is 0 Å². The quantitative estimate of drug-likeness (QED) is 0.399. The van der Waals surface area contributed by atoms with E-state index in [0.717, 1.165) is 16.5 Å². The molecule has 0 spiro atoms. The van der Waals surface area contributed by atoms with Gasteiger partial charge in [0.05, 0.1) is 12.1 Å². The van der Waals surface area contributed by atoms with Crippen molar-refractivity contribution < 1.29 is 4.79 Å². The molecule has 0 atom stereocenters. The van der Waals surface area contributed by atoms with E-state index in [0.29, 0.717) is 23.1 Å². The monoisotopic (exact) mass is 457 g/mol. The minimum absolute atomic E-state index is 0.0879. The van der Waals surface area contributed by atoms with Crippen molar-refractivity contribution in [1.29, 1.82) is 0 Å². The average molecular weight is 458 g/mol. The first-order valence-electron chi connectivity index (χ1n) is 8.86. The lowest BCUT2D eigenvalue weighted by atomic mass is 10.1. The molecular weight excluding hydrogens is 438 g/mol. The molecule has 0 aliphatic carbocycles. The van der Waals surface area contributed by atoms with Gasteiger partial charge in [-0.1, -0.05) is 70.2 Å². The van der Waals surface area contributed by atoms with Crippen molar-refractivity contribution >= 4 is 33.6 Å². The van der Waals surface area contributed by atoms with Crippen molar-refractivity contribution in [3.63, 3.8) is 0 Å². The molecule has 3 aromatic rings. The second-order valence-electron chi connectivity index (χ2n) is 6.22. The van der Waals surface area contributed by atoms with Crippen LogP contribution in [0.4, 0.5) is 0 Å². The van der Waals surface area contributed by atoms with E-state index in [-0.39, 0.29) is 17.9 Å².